The van der Waals surface area contributed by atoms with Crippen LogP contribution >= 0.6 is 0 Å². The third-order valence-corrected chi connectivity index (χ3v) is 4.49. The van der Waals surface area contributed by atoms with Crippen molar-refractivity contribution in [3.63, 3.8) is 0 Å². The second-order valence-corrected chi connectivity index (χ2v) is 6.57. The van der Waals surface area contributed by atoms with Crippen LogP contribution < -0.4 is 5.32 Å². The van der Waals surface area contributed by atoms with Gasteiger partial charge in [-0.05, 0) is 18.6 Å². The highest BCUT2D eigenvalue weighted by Gasteiger charge is 2.29. The molecule has 0 aliphatic carbocycles. The number of nitrogens with one attached hydrogen (secondary N) is 2. The van der Waals surface area contributed by atoms with Crippen LogP contribution in [0.1, 0.15) is 38.1 Å². The van der Waals surface area contributed by atoms with Gasteiger partial charge in [0.2, 0.25) is 11.8 Å². The molecule has 138 valence electrons. The average Bonchev–Trinajstić information content (AvgIpc) is 3.03. The molecule has 6 nitrogen and oxygen atoms in total. The number of rotatable bonds is 5. The summed E-state index contributed by atoms with van der Waals surface area (Å²) in [7, 11) is 0. The molecule has 26 heavy (non-hydrogen) atoms. The summed E-state index contributed by atoms with van der Waals surface area (Å²) >= 11 is 0. The highest BCUT2D eigenvalue weighted by Crippen LogP contribution is 2.24. The summed E-state index contributed by atoms with van der Waals surface area (Å²) in [5, 5.41) is 2.74. The van der Waals surface area contributed by atoms with Crippen molar-refractivity contribution in [1.29, 1.82) is 0 Å². The molecule has 2 heterocycles. The predicted molar refractivity (Wildman–Crippen MR) is 95.6 cm³/mol. The van der Waals surface area contributed by atoms with E-state index in [0.717, 1.165) is 17.8 Å². The zero-order valence-electron chi connectivity index (χ0n) is 15.0. The average molecular weight is 358 g/mol. The number of carbonyl (C=O) groups excluding carboxylic acids is 2. The van der Waals surface area contributed by atoms with Gasteiger partial charge in [0.1, 0.15) is 17.7 Å². The van der Waals surface area contributed by atoms with Crippen molar-refractivity contribution in [3.05, 3.63) is 41.5 Å². The minimum atomic E-state index is -0.496. The van der Waals surface area contributed by atoms with Crippen LogP contribution in [0, 0.1) is 5.82 Å². The molecule has 1 aromatic carbocycles. The first-order valence-electron chi connectivity index (χ1n) is 8.87. The molecule has 2 aromatic rings. The first-order valence-corrected chi connectivity index (χ1v) is 8.87. The molecule has 2 N–H and O–H groups in total. The fraction of sp³-hybridized carbons (Fsp3) is 0.421. The summed E-state index contributed by atoms with van der Waals surface area (Å²) in [6.45, 7) is 4.37. The Kier molecular flexibility index (Phi) is 5.35. The number of halogens is 1. The van der Waals surface area contributed by atoms with Gasteiger partial charge >= 0.3 is 0 Å². The minimum Gasteiger partial charge on any atom is -0.345 e. The fourth-order valence-electron chi connectivity index (χ4n) is 3.27. The number of aromatic nitrogens is 2. The lowest BCUT2D eigenvalue weighted by atomic mass is 10.1. The van der Waals surface area contributed by atoms with Crippen molar-refractivity contribution in [3.8, 4) is 11.4 Å². The van der Waals surface area contributed by atoms with Gasteiger partial charge in [-0.1, -0.05) is 25.5 Å². The fourth-order valence-corrected chi connectivity index (χ4v) is 3.27. The monoisotopic (exact) mass is 358 g/mol. The molecule has 1 atom stereocenters. The van der Waals surface area contributed by atoms with Crippen molar-refractivity contribution in [2.75, 3.05) is 6.54 Å². The van der Waals surface area contributed by atoms with Crippen LogP contribution in [-0.2, 0) is 22.6 Å². The highest BCUT2D eigenvalue weighted by atomic mass is 19.1. The van der Waals surface area contributed by atoms with Crippen LogP contribution in [0.2, 0.25) is 0 Å². The number of hydrogen-bond acceptors (Lipinski definition) is 3. The number of nitrogens with zero attached hydrogens (tertiary/aromatic N) is 2. The summed E-state index contributed by atoms with van der Waals surface area (Å²) in [5.74, 6) is 0.0150. The molecule has 1 aromatic heterocycles. The van der Waals surface area contributed by atoms with Crippen LogP contribution in [0.4, 0.5) is 4.39 Å². The topological polar surface area (TPSA) is 78.1 Å². The molecule has 0 saturated carbocycles. The van der Waals surface area contributed by atoms with Gasteiger partial charge in [-0.15, -0.1) is 0 Å². The van der Waals surface area contributed by atoms with E-state index in [0.29, 0.717) is 37.3 Å². The molecule has 7 heteroatoms. The number of carbonyl (C=O) groups is 2. The molecular formula is C19H23FN4O2. The van der Waals surface area contributed by atoms with E-state index in [1.165, 1.54) is 19.1 Å². The molecule has 2 amide bonds. The van der Waals surface area contributed by atoms with E-state index in [2.05, 4.69) is 15.3 Å². The number of amides is 2. The molecule has 0 radical (unpaired) electrons. The molecule has 0 spiro atoms. The second kappa shape index (κ2) is 7.68. The third-order valence-electron chi connectivity index (χ3n) is 4.49. The summed E-state index contributed by atoms with van der Waals surface area (Å²) in [5.41, 5.74) is 2.45. The SMILES string of the molecule is CCC[C@H](NC(C)=O)C(=O)N1CCc2nc(-c3cccc(F)c3)[nH]c2C1. The second-order valence-electron chi connectivity index (χ2n) is 6.57. The molecule has 0 saturated heterocycles. The molecule has 1 aliphatic heterocycles. The molecule has 1 aliphatic rings. The summed E-state index contributed by atoms with van der Waals surface area (Å²) in [6, 6.07) is 5.77. The zero-order chi connectivity index (χ0) is 18.7. The normalized spacial score (nSPS) is 14.7. The van der Waals surface area contributed by atoms with Crippen molar-refractivity contribution in [1.82, 2.24) is 20.2 Å². The van der Waals surface area contributed by atoms with E-state index in [-0.39, 0.29) is 17.6 Å². The number of benzene rings is 1. The Bertz CT molecular complexity index is 818. The van der Waals surface area contributed by atoms with Crippen LogP contribution in [0.3, 0.4) is 0 Å². The van der Waals surface area contributed by atoms with Crippen LogP contribution in [0.5, 0.6) is 0 Å². The number of fused-ring (bicyclic) bond motifs is 1. The van der Waals surface area contributed by atoms with Crippen LogP contribution in [0.15, 0.2) is 24.3 Å². The van der Waals surface area contributed by atoms with Crippen molar-refractivity contribution >= 4 is 11.8 Å². The van der Waals surface area contributed by atoms with Crippen molar-refractivity contribution < 1.29 is 14.0 Å². The molecule has 3 rings (SSSR count). The van der Waals surface area contributed by atoms with Gasteiger partial charge < -0.3 is 15.2 Å². The number of imidazole rings is 1. The lowest BCUT2D eigenvalue weighted by Crippen LogP contribution is -2.49. The summed E-state index contributed by atoms with van der Waals surface area (Å²) in [4.78, 5) is 33.7. The van der Waals surface area contributed by atoms with Gasteiger partial charge in [0.05, 0.1) is 17.9 Å². The third kappa shape index (κ3) is 3.92. The molecule has 0 unspecified atom stereocenters. The van der Waals surface area contributed by atoms with E-state index in [9.17, 15) is 14.0 Å². The Morgan fingerprint density at radius 2 is 2.23 bits per heavy atom. The summed E-state index contributed by atoms with van der Waals surface area (Å²) < 4.78 is 13.4. The van der Waals surface area contributed by atoms with E-state index < -0.39 is 6.04 Å². The predicted octanol–water partition coefficient (Wildman–Crippen LogP) is 2.41. The van der Waals surface area contributed by atoms with E-state index in [4.69, 9.17) is 0 Å². The molecule has 0 bridgehead atoms. The number of H-pyrrole nitrogens is 1. The quantitative estimate of drug-likeness (QED) is 0.862. The maximum atomic E-state index is 13.4. The molecule has 0 fully saturated rings. The summed E-state index contributed by atoms with van der Waals surface area (Å²) in [6.07, 6.45) is 2.05. The maximum absolute atomic E-state index is 13.4. The number of hydrogen-bond donors (Lipinski definition) is 2. The van der Waals surface area contributed by atoms with Gasteiger partial charge in [0, 0.05) is 25.5 Å². The Morgan fingerprint density at radius 3 is 2.92 bits per heavy atom. The van der Waals surface area contributed by atoms with E-state index >= 15 is 0 Å². The lowest BCUT2D eigenvalue weighted by molar-refractivity contribution is -0.137. The first-order chi connectivity index (χ1) is 12.5. The number of aromatic amines is 1. The zero-order valence-corrected chi connectivity index (χ0v) is 15.0. The maximum Gasteiger partial charge on any atom is 0.245 e. The first kappa shape index (κ1) is 18.1. The van der Waals surface area contributed by atoms with Gasteiger partial charge in [0.25, 0.3) is 0 Å². The Balaban J connectivity index is 1.77. The van der Waals surface area contributed by atoms with Crippen LogP contribution in [0.25, 0.3) is 11.4 Å². The smallest absolute Gasteiger partial charge is 0.245 e. The van der Waals surface area contributed by atoms with Crippen LogP contribution in [-0.4, -0.2) is 39.3 Å². The Labute approximate surface area is 151 Å². The van der Waals surface area contributed by atoms with Crippen molar-refractivity contribution in [2.24, 2.45) is 0 Å². The Hall–Kier alpha value is -2.70. The Morgan fingerprint density at radius 1 is 1.42 bits per heavy atom. The highest BCUT2D eigenvalue weighted by molar-refractivity contribution is 5.87. The van der Waals surface area contributed by atoms with Gasteiger partial charge in [-0.25, -0.2) is 9.37 Å². The van der Waals surface area contributed by atoms with Crippen molar-refractivity contribution in [2.45, 2.75) is 45.7 Å². The minimum absolute atomic E-state index is 0.0744. The largest absolute Gasteiger partial charge is 0.345 e. The molecular weight excluding hydrogens is 335 g/mol. The van der Waals surface area contributed by atoms with Gasteiger partial charge in [0.15, 0.2) is 0 Å². The van der Waals surface area contributed by atoms with E-state index in [1.54, 1.807) is 17.0 Å². The van der Waals surface area contributed by atoms with Gasteiger partial charge in [-0.2, -0.15) is 0 Å². The van der Waals surface area contributed by atoms with Gasteiger partial charge in [-0.3, -0.25) is 9.59 Å². The lowest BCUT2D eigenvalue weighted by Gasteiger charge is -2.30. The van der Waals surface area contributed by atoms with E-state index in [1.807, 2.05) is 6.92 Å². The standard InChI is InChI=1S/C19H23FN4O2/c1-3-5-16(21-12(2)25)19(26)24-9-8-15-17(11-24)23-18(22-15)13-6-4-7-14(20)10-13/h4,6-7,10,16H,3,5,8-9,11H2,1-2H3,(H,21,25)(H,22,23)/t16-/m0/s1.